The van der Waals surface area contributed by atoms with Gasteiger partial charge in [-0.05, 0) is 26.0 Å². The minimum atomic E-state index is -0.370. The van der Waals surface area contributed by atoms with Crippen molar-refractivity contribution in [3.05, 3.63) is 36.2 Å². The molecule has 0 bridgehead atoms. The second-order valence-electron chi connectivity index (χ2n) is 7.04. The Morgan fingerprint density at radius 3 is 2.70 bits per heavy atom. The van der Waals surface area contributed by atoms with Gasteiger partial charge in [-0.2, -0.15) is 0 Å². The fourth-order valence-corrected chi connectivity index (χ4v) is 3.36. The Morgan fingerprint density at radius 2 is 1.97 bits per heavy atom. The van der Waals surface area contributed by atoms with Crippen LogP contribution in [0.15, 0.2) is 30.3 Å². The number of nitrogens with one attached hydrogen (secondary N) is 3. The Morgan fingerprint density at radius 1 is 1.20 bits per heavy atom. The number of carbonyl (C=O) groups is 2. The predicted octanol–water partition coefficient (Wildman–Crippen LogP) is 1.81. The first kappa shape index (κ1) is 21.4. The Bertz CT molecular complexity index is 904. The largest absolute Gasteiger partial charge is 0.497 e. The molecule has 2 heterocycles. The summed E-state index contributed by atoms with van der Waals surface area (Å²) in [5.41, 5.74) is 0.743. The number of methoxy groups -OCH3 is 1. The third-order valence-electron chi connectivity index (χ3n) is 4.79. The number of amides is 2. The van der Waals surface area contributed by atoms with Gasteiger partial charge in [-0.15, -0.1) is 0 Å². The Kier molecular flexibility index (Phi) is 7.05. The van der Waals surface area contributed by atoms with Gasteiger partial charge in [-0.3, -0.25) is 9.59 Å². The first-order valence-electron chi connectivity index (χ1n) is 10.1. The number of aryl methyl sites for hydroxylation is 1. The fraction of sp³-hybridized carbons (Fsp3) is 0.429. The molecule has 30 heavy (non-hydrogen) atoms. The summed E-state index contributed by atoms with van der Waals surface area (Å²) in [4.78, 5) is 35.2. The van der Waals surface area contributed by atoms with E-state index < -0.39 is 0 Å². The van der Waals surface area contributed by atoms with Crippen LogP contribution < -0.4 is 25.6 Å². The zero-order chi connectivity index (χ0) is 21.5. The normalized spacial score (nSPS) is 15.8. The highest BCUT2D eigenvalue weighted by Gasteiger charge is 2.35. The summed E-state index contributed by atoms with van der Waals surface area (Å²) in [5.74, 6) is 2.26. The van der Waals surface area contributed by atoms with Crippen molar-refractivity contribution in [3.8, 4) is 5.75 Å². The van der Waals surface area contributed by atoms with Crippen LogP contribution in [0.4, 0.5) is 17.3 Å². The molecular formula is C21H28N6O3. The number of benzene rings is 1. The van der Waals surface area contributed by atoms with Crippen LogP contribution in [-0.4, -0.2) is 55.1 Å². The van der Waals surface area contributed by atoms with Crippen LogP contribution in [0.25, 0.3) is 0 Å². The molecule has 9 heteroatoms. The third-order valence-corrected chi connectivity index (χ3v) is 4.79. The maximum atomic E-state index is 12.5. The molecule has 1 saturated heterocycles. The number of aromatic nitrogens is 2. The van der Waals surface area contributed by atoms with Crippen molar-refractivity contribution in [1.82, 2.24) is 15.3 Å². The molecule has 1 aliphatic rings. The standard InChI is InChI=1S/C21H28N6O3/c1-4-22-18-12-19(26-14(2)25-18)23-8-9-24-21(29)15-10-20(28)27(13-15)16-6-5-7-17(11-16)30-3/h5-7,11-12,15H,4,8-10,13H2,1-3H3,(H,24,29)(H2,22,23,25,26). The highest BCUT2D eigenvalue weighted by atomic mass is 16.5. The monoisotopic (exact) mass is 412 g/mol. The molecule has 1 unspecified atom stereocenters. The number of carbonyl (C=O) groups excluding carboxylic acids is 2. The van der Waals surface area contributed by atoms with Crippen molar-refractivity contribution >= 4 is 29.1 Å². The molecule has 1 aliphatic heterocycles. The molecule has 0 saturated carbocycles. The molecule has 1 fully saturated rings. The van der Waals surface area contributed by atoms with Gasteiger partial charge < -0.3 is 25.6 Å². The van der Waals surface area contributed by atoms with Crippen molar-refractivity contribution in [1.29, 1.82) is 0 Å². The van der Waals surface area contributed by atoms with Gasteiger partial charge in [0.25, 0.3) is 0 Å². The average Bonchev–Trinajstić information content (AvgIpc) is 3.13. The van der Waals surface area contributed by atoms with Crippen molar-refractivity contribution in [3.63, 3.8) is 0 Å². The van der Waals surface area contributed by atoms with Crippen molar-refractivity contribution < 1.29 is 14.3 Å². The minimum Gasteiger partial charge on any atom is -0.497 e. The summed E-state index contributed by atoms with van der Waals surface area (Å²) >= 11 is 0. The third kappa shape index (κ3) is 5.37. The molecule has 1 atom stereocenters. The Labute approximate surface area is 176 Å². The van der Waals surface area contributed by atoms with Crippen LogP contribution >= 0.6 is 0 Å². The lowest BCUT2D eigenvalue weighted by atomic mass is 10.1. The van der Waals surface area contributed by atoms with E-state index in [0.29, 0.717) is 37.0 Å². The number of ether oxygens (including phenoxy) is 1. The molecule has 2 amide bonds. The van der Waals surface area contributed by atoms with Crippen molar-refractivity contribution in [2.24, 2.45) is 5.92 Å². The minimum absolute atomic E-state index is 0.0612. The first-order valence-corrected chi connectivity index (χ1v) is 10.1. The summed E-state index contributed by atoms with van der Waals surface area (Å²) in [6.45, 7) is 5.93. The molecule has 0 spiro atoms. The van der Waals surface area contributed by atoms with E-state index in [1.54, 1.807) is 18.1 Å². The SMILES string of the molecule is CCNc1cc(NCCNC(=O)C2CC(=O)N(c3cccc(OC)c3)C2)nc(C)n1. The van der Waals surface area contributed by atoms with Gasteiger partial charge in [0, 0.05) is 50.4 Å². The molecule has 3 rings (SSSR count). The number of hydrogen-bond acceptors (Lipinski definition) is 7. The highest BCUT2D eigenvalue weighted by Crippen LogP contribution is 2.27. The highest BCUT2D eigenvalue weighted by molar-refractivity contribution is 6.00. The van der Waals surface area contributed by atoms with Gasteiger partial charge in [0.15, 0.2) is 0 Å². The van der Waals surface area contributed by atoms with E-state index in [-0.39, 0.29) is 24.2 Å². The van der Waals surface area contributed by atoms with Gasteiger partial charge in [0.2, 0.25) is 11.8 Å². The smallest absolute Gasteiger partial charge is 0.227 e. The molecule has 1 aromatic heterocycles. The van der Waals surface area contributed by atoms with Crippen LogP contribution in [0.2, 0.25) is 0 Å². The lowest BCUT2D eigenvalue weighted by Crippen LogP contribution is -2.35. The van der Waals surface area contributed by atoms with Gasteiger partial charge in [-0.25, -0.2) is 9.97 Å². The Balaban J connectivity index is 1.48. The molecule has 2 aromatic rings. The van der Waals surface area contributed by atoms with Crippen LogP contribution in [0.3, 0.4) is 0 Å². The lowest BCUT2D eigenvalue weighted by Gasteiger charge is -2.17. The summed E-state index contributed by atoms with van der Waals surface area (Å²) < 4.78 is 5.22. The average molecular weight is 412 g/mol. The van der Waals surface area contributed by atoms with Crippen molar-refractivity contribution in [2.45, 2.75) is 20.3 Å². The fourth-order valence-electron chi connectivity index (χ4n) is 3.36. The van der Waals surface area contributed by atoms with E-state index in [9.17, 15) is 9.59 Å². The van der Waals surface area contributed by atoms with Gasteiger partial charge in [0.1, 0.15) is 23.2 Å². The molecule has 1 aromatic carbocycles. The number of nitrogens with zero attached hydrogens (tertiary/aromatic N) is 3. The quantitative estimate of drug-likeness (QED) is 0.539. The topological polar surface area (TPSA) is 108 Å². The summed E-state index contributed by atoms with van der Waals surface area (Å²) in [7, 11) is 1.58. The molecule has 160 valence electrons. The summed E-state index contributed by atoms with van der Waals surface area (Å²) in [5, 5.41) is 9.25. The van der Waals surface area contributed by atoms with Gasteiger partial charge >= 0.3 is 0 Å². The summed E-state index contributed by atoms with van der Waals surface area (Å²) in [6.07, 6.45) is 0.202. The van der Waals surface area contributed by atoms with Crippen LogP contribution in [0.5, 0.6) is 5.75 Å². The predicted molar refractivity (Wildman–Crippen MR) is 116 cm³/mol. The van der Waals surface area contributed by atoms with Crippen LogP contribution in [0.1, 0.15) is 19.2 Å². The number of anilines is 3. The molecule has 9 nitrogen and oxygen atoms in total. The van der Waals surface area contributed by atoms with E-state index >= 15 is 0 Å². The maximum absolute atomic E-state index is 12.5. The number of rotatable bonds is 9. The summed E-state index contributed by atoms with van der Waals surface area (Å²) in [6, 6.07) is 9.13. The van der Waals surface area contributed by atoms with Gasteiger partial charge in [0.05, 0.1) is 13.0 Å². The second-order valence-corrected chi connectivity index (χ2v) is 7.04. The lowest BCUT2D eigenvalue weighted by molar-refractivity contribution is -0.126. The number of hydrogen-bond donors (Lipinski definition) is 3. The maximum Gasteiger partial charge on any atom is 0.227 e. The second kappa shape index (κ2) is 9.91. The van der Waals surface area contributed by atoms with Crippen LogP contribution in [-0.2, 0) is 9.59 Å². The molecule has 0 aliphatic carbocycles. The molecule has 3 N–H and O–H groups in total. The van der Waals surface area contributed by atoms with Crippen LogP contribution in [0, 0.1) is 12.8 Å². The molecule has 0 radical (unpaired) electrons. The zero-order valence-corrected chi connectivity index (χ0v) is 17.6. The molecular weight excluding hydrogens is 384 g/mol. The van der Waals surface area contributed by atoms with E-state index in [2.05, 4.69) is 25.9 Å². The van der Waals surface area contributed by atoms with Crippen molar-refractivity contribution in [2.75, 3.05) is 48.8 Å². The van der Waals surface area contributed by atoms with E-state index in [0.717, 1.165) is 18.1 Å². The first-order chi connectivity index (χ1) is 14.5. The Hall–Kier alpha value is -3.36. The van der Waals surface area contributed by atoms with Gasteiger partial charge in [-0.1, -0.05) is 6.07 Å². The zero-order valence-electron chi connectivity index (χ0n) is 17.6. The van der Waals surface area contributed by atoms with E-state index in [1.807, 2.05) is 38.1 Å². The van der Waals surface area contributed by atoms with E-state index in [4.69, 9.17) is 4.74 Å². The van der Waals surface area contributed by atoms with E-state index in [1.165, 1.54) is 0 Å².